The molecule has 0 fully saturated rings. The predicted molar refractivity (Wildman–Crippen MR) is 91.3 cm³/mol. The van der Waals surface area contributed by atoms with Crippen LogP contribution in [0.5, 0.6) is 0 Å². The molecule has 21 heavy (non-hydrogen) atoms. The van der Waals surface area contributed by atoms with E-state index in [1.54, 1.807) is 12.1 Å². The summed E-state index contributed by atoms with van der Waals surface area (Å²) in [6.07, 6.45) is 0. The smallest absolute Gasteiger partial charge is 0.233 e. The van der Waals surface area contributed by atoms with Crippen molar-refractivity contribution in [3.8, 4) is 0 Å². The minimum Gasteiger partial charge on any atom is -0.284 e. The average Bonchev–Trinajstić information content (AvgIpc) is 2.48. The molecule has 0 saturated carbocycles. The molecular formula is C16H18BrNO2S. The molecule has 112 valence electrons. The van der Waals surface area contributed by atoms with Gasteiger partial charge in [0.05, 0.1) is 5.75 Å². The maximum absolute atomic E-state index is 12.2. The Morgan fingerprint density at radius 2 is 1.67 bits per heavy atom. The fourth-order valence-corrected chi connectivity index (χ4v) is 3.89. The highest BCUT2D eigenvalue weighted by atomic mass is 79.9. The lowest BCUT2D eigenvalue weighted by Crippen LogP contribution is -2.20. The first-order valence-electron chi connectivity index (χ1n) is 6.70. The van der Waals surface area contributed by atoms with Crippen LogP contribution in [0.2, 0.25) is 0 Å². The Kier molecular flexibility index (Phi) is 5.42. The number of hydrogen-bond acceptors (Lipinski definition) is 2. The van der Waals surface area contributed by atoms with Crippen LogP contribution in [0.1, 0.15) is 24.0 Å². The quantitative estimate of drug-likeness (QED) is 0.780. The second-order valence-corrected chi connectivity index (χ2v) is 7.35. The molecule has 1 unspecified atom stereocenters. The summed E-state index contributed by atoms with van der Waals surface area (Å²) < 4.78 is 27.1. The molecular weight excluding hydrogens is 350 g/mol. The van der Waals surface area contributed by atoms with Gasteiger partial charge in [-0.25, -0.2) is 8.42 Å². The molecule has 2 rings (SSSR count). The van der Waals surface area contributed by atoms with Crippen molar-refractivity contribution in [1.82, 2.24) is 0 Å². The fraction of sp³-hybridized carbons (Fsp3) is 0.250. The minimum absolute atomic E-state index is 0.0504. The van der Waals surface area contributed by atoms with Gasteiger partial charge in [0.2, 0.25) is 10.0 Å². The van der Waals surface area contributed by atoms with Crippen molar-refractivity contribution in [3.05, 3.63) is 65.7 Å². The van der Waals surface area contributed by atoms with E-state index in [2.05, 4.69) is 20.7 Å². The summed E-state index contributed by atoms with van der Waals surface area (Å²) in [5, 5.41) is 0.755. The molecule has 1 N–H and O–H groups in total. The van der Waals surface area contributed by atoms with Crippen LogP contribution >= 0.6 is 15.9 Å². The first kappa shape index (κ1) is 16.0. The maximum atomic E-state index is 12.2. The lowest BCUT2D eigenvalue weighted by atomic mass is 10.0. The van der Waals surface area contributed by atoms with Gasteiger partial charge in [-0.2, -0.15) is 0 Å². The second-order valence-electron chi connectivity index (χ2n) is 5.03. The molecule has 2 aromatic carbocycles. The monoisotopic (exact) mass is 367 g/mol. The van der Waals surface area contributed by atoms with Gasteiger partial charge < -0.3 is 0 Å². The Balaban J connectivity index is 2.04. The number of alkyl halides is 1. The number of halogens is 1. The van der Waals surface area contributed by atoms with Crippen molar-refractivity contribution in [2.75, 3.05) is 10.5 Å². The molecule has 0 saturated heterocycles. The molecule has 5 heteroatoms. The zero-order chi connectivity index (χ0) is 15.3. The minimum atomic E-state index is -3.36. The zero-order valence-electron chi connectivity index (χ0n) is 11.8. The predicted octanol–water partition coefficient (Wildman–Crippen LogP) is 4.13. The molecule has 0 aliphatic rings. The SMILES string of the molecule is CC(CS(=O)(=O)Nc1ccc(CBr)cc1)c1ccccc1. The highest BCUT2D eigenvalue weighted by Gasteiger charge is 2.17. The third kappa shape index (κ3) is 4.86. The molecule has 3 nitrogen and oxygen atoms in total. The average molecular weight is 368 g/mol. The van der Waals surface area contributed by atoms with Crippen LogP contribution in [0.4, 0.5) is 5.69 Å². The maximum Gasteiger partial charge on any atom is 0.233 e. The number of sulfonamides is 1. The van der Waals surface area contributed by atoms with Gasteiger partial charge in [-0.15, -0.1) is 0 Å². The van der Waals surface area contributed by atoms with E-state index in [1.807, 2.05) is 49.4 Å². The van der Waals surface area contributed by atoms with Crippen molar-refractivity contribution < 1.29 is 8.42 Å². The summed E-state index contributed by atoms with van der Waals surface area (Å²) in [4.78, 5) is 0. The van der Waals surface area contributed by atoms with E-state index >= 15 is 0 Å². The summed E-state index contributed by atoms with van der Waals surface area (Å²) in [6, 6.07) is 17.0. The van der Waals surface area contributed by atoms with Crippen LogP contribution in [-0.4, -0.2) is 14.2 Å². The zero-order valence-corrected chi connectivity index (χ0v) is 14.2. The summed E-state index contributed by atoms with van der Waals surface area (Å²) in [5.41, 5.74) is 2.73. The van der Waals surface area contributed by atoms with Crippen molar-refractivity contribution in [2.45, 2.75) is 18.2 Å². The number of nitrogens with one attached hydrogen (secondary N) is 1. The molecule has 0 heterocycles. The van der Waals surface area contributed by atoms with Crippen molar-refractivity contribution in [3.63, 3.8) is 0 Å². The Hall–Kier alpha value is -1.33. The Morgan fingerprint density at radius 1 is 1.05 bits per heavy atom. The lowest BCUT2D eigenvalue weighted by Gasteiger charge is -2.14. The van der Waals surface area contributed by atoms with Gasteiger partial charge in [-0.3, -0.25) is 4.72 Å². The first-order chi connectivity index (χ1) is 10.00. The van der Waals surface area contributed by atoms with Crippen LogP contribution in [-0.2, 0) is 15.4 Å². The Bertz CT molecular complexity index is 669. The fourth-order valence-electron chi connectivity index (χ4n) is 2.09. The molecule has 0 bridgehead atoms. The van der Waals surface area contributed by atoms with E-state index in [4.69, 9.17) is 0 Å². The number of rotatable bonds is 6. The number of benzene rings is 2. The van der Waals surface area contributed by atoms with Gasteiger partial charge in [0, 0.05) is 11.0 Å². The molecule has 0 radical (unpaired) electrons. The van der Waals surface area contributed by atoms with E-state index in [0.29, 0.717) is 5.69 Å². The summed E-state index contributed by atoms with van der Waals surface area (Å²) in [6.45, 7) is 1.92. The van der Waals surface area contributed by atoms with Crippen LogP contribution in [0, 0.1) is 0 Å². The Morgan fingerprint density at radius 3 is 2.24 bits per heavy atom. The van der Waals surface area contributed by atoms with Gasteiger partial charge in [-0.05, 0) is 29.2 Å². The third-order valence-electron chi connectivity index (χ3n) is 3.22. The summed E-state index contributed by atoms with van der Waals surface area (Å²) in [7, 11) is -3.36. The highest BCUT2D eigenvalue weighted by molar-refractivity contribution is 9.08. The van der Waals surface area contributed by atoms with Crippen LogP contribution in [0.15, 0.2) is 54.6 Å². The standard InChI is InChI=1S/C16H18BrNO2S/c1-13(15-5-3-2-4-6-15)12-21(19,20)18-16-9-7-14(11-17)8-10-16/h2-10,13,18H,11-12H2,1H3. The van der Waals surface area contributed by atoms with Gasteiger partial charge >= 0.3 is 0 Å². The van der Waals surface area contributed by atoms with Crippen molar-refractivity contribution >= 4 is 31.6 Å². The Labute approximate surface area is 134 Å². The normalized spacial score (nSPS) is 12.9. The van der Waals surface area contributed by atoms with E-state index < -0.39 is 10.0 Å². The molecule has 1 atom stereocenters. The molecule has 2 aromatic rings. The topological polar surface area (TPSA) is 46.2 Å². The van der Waals surface area contributed by atoms with Crippen LogP contribution in [0.3, 0.4) is 0 Å². The highest BCUT2D eigenvalue weighted by Crippen LogP contribution is 2.19. The van der Waals surface area contributed by atoms with Crippen LogP contribution < -0.4 is 4.72 Å². The largest absolute Gasteiger partial charge is 0.284 e. The van der Waals surface area contributed by atoms with Crippen molar-refractivity contribution in [1.29, 1.82) is 0 Å². The van der Waals surface area contributed by atoms with Gasteiger partial charge in [0.25, 0.3) is 0 Å². The van der Waals surface area contributed by atoms with E-state index in [0.717, 1.165) is 16.5 Å². The first-order valence-corrected chi connectivity index (χ1v) is 9.48. The molecule has 0 aromatic heterocycles. The lowest BCUT2D eigenvalue weighted by molar-refractivity contribution is 0.595. The second kappa shape index (κ2) is 7.09. The van der Waals surface area contributed by atoms with Crippen LogP contribution in [0.25, 0.3) is 0 Å². The molecule has 0 aliphatic heterocycles. The summed E-state index contributed by atoms with van der Waals surface area (Å²) >= 11 is 3.36. The molecule has 0 spiro atoms. The number of anilines is 1. The van der Waals surface area contributed by atoms with E-state index in [1.165, 1.54) is 0 Å². The number of hydrogen-bond donors (Lipinski definition) is 1. The third-order valence-corrected chi connectivity index (χ3v) is 5.35. The molecule has 0 amide bonds. The van der Waals surface area contributed by atoms with Gasteiger partial charge in [-0.1, -0.05) is 65.3 Å². The van der Waals surface area contributed by atoms with E-state index in [-0.39, 0.29) is 11.7 Å². The molecule has 0 aliphatic carbocycles. The summed E-state index contributed by atoms with van der Waals surface area (Å²) in [5.74, 6) is 0.0162. The van der Waals surface area contributed by atoms with E-state index in [9.17, 15) is 8.42 Å². The van der Waals surface area contributed by atoms with Crippen molar-refractivity contribution in [2.24, 2.45) is 0 Å². The van der Waals surface area contributed by atoms with Gasteiger partial charge in [0.1, 0.15) is 0 Å². The van der Waals surface area contributed by atoms with Gasteiger partial charge in [0.15, 0.2) is 0 Å².